The summed E-state index contributed by atoms with van der Waals surface area (Å²) in [6.07, 6.45) is 0. The molecule has 0 aromatic rings. The maximum atomic E-state index is 5.30. The van der Waals surface area contributed by atoms with Crippen molar-refractivity contribution in [3.05, 3.63) is 0 Å². The quantitative estimate of drug-likeness (QED) is 0.423. The van der Waals surface area contributed by atoms with Crippen LogP contribution in [-0.4, -0.2) is 38.8 Å². The van der Waals surface area contributed by atoms with Gasteiger partial charge >= 0.3 is 0 Å². The smallest absolute Gasteiger partial charge is 0.180 e. The summed E-state index contributed by atoms with van der Waals surface area (Å²) in [5.74, 6) is 0. The SMILES string of the molecule is C1[NH2+][C@@H]2COC[NH2+][C@@H]2CO1.[Cl-].[Cl-]. The van der Waals surface area contributed by atoms with Crippen LogP contribution < -0.4 is 35.4 Å². The lowest BCUT2D eigenvalue weighted by Crippen LogP contribution is -3.09. The molecule has 2 saturated heterocycles. The second-order valence-electron chi connectivity index (χ2n) is 2.87. The predicted molar refractivity (Wildman–Crippen MR) is 33.1 cm³/mol. The molecular formula is C6H14Cl2N2O2. The monoisotopic (exact) mass is 216 g/mol. The second-order valence-corrected chi connectivity index (χ2v) is 2.87. The van der Waals surface area contributed by atoms with E-state index >= 15 is 0 Å². The molecule has 0 unspecified atom stereocenters. The number of quaternary nitrogens is 2. The van der Waals surface area contributed by atoms with Gasteiger partial charge < -0.3 is 44.9 Å². The number of hydrogen-bond acceptors (Lipinski definition) is 2. The van der Waals surface area contributed by atoms with Gasteiger partial charge in [0, 0.05) is 0 Å². The molecule has 0 amide bonds. The Balaban J connectivity index is 0.000000605. The van der Waals surface area contributed by atoms with Gasteiger partial charge in [-0.1, -0.05) is 0 Å². The van der Waals surface area contributed by atoms with Crippen molar-refractivity contribution in [3.63, 3.8) is 0 Å². The van der Waals surface area contributed by atoms with Gasteiger partial charge in [-0.25, -0.2) is 0 Å². The van der Waals surface area contributed by atoms with Gasteiger partial charge in [0.25, 0.3) is 0 Å². The Morgan fingerprint density at radius 2 is 1.25 bits per heavy atom. The fraction of sp³-hybridized carbons (Fsp3) is 1.00. The van der Waals surface area contributed by atoms with Crippen LogP contribution in [0.2, 0.25) is 0 Å². The number of nitrogens with two attached hydrogens (primary N) is 2. The maximum absolute atomic E-state index is 5.30. The lowest BCUT2D eigenvalue weighted by atomic mass is 10.1. The molecule has 74 valence electrons. The molecule has 6 heteroatoms. The molecule has 0 aromatic heterocycles. The minimum Gasteiger partial charge on any atom is -1.00 e. The summed E-state index contributed by atoms with van der Waals surface area (Å²) in [6.45, 7) is 3.39. The second kappa shape index (κ2) is 5.96. The summed E-state index contributed by atoms with van der Waals surface area (Å²) < 4.78 is 10.6. The zero-order valence-corrected chi connectivity index (χ0v) is 8.22. The first-order valence-electron chi connectivity index (χ1n) is 3.79. The molecule has 2 heterocycles. The third-order valence-electron chi connectivity index (χ3n) is 2.20. The normalized spacial score (nSPS) is 34.0. The van der Waals surface area contributed by atoms with Crippen LogP contribution in [0.3, 0.4) is 0 Å². The van der Waals surface area contributed by atoms with Crippen molar-refractivity contribution in [1.82, 2.24) is 0 Å². The maximum Gasteiger partial charge on any atom is 0.180 e. The Labute approximate surface area is 84.2 Å². The number of hydrogen-bond donors (Lipinski definition) is 2. The molecule has 12 heavy (non-hydrogen) atoms. The third-order valence-corrected chi connectivity index (χ3v) is 2.20. The van der Waals surface area contributed by atoms with Crippen molar-refractivity contribution < 1.29 is 44.9 Å². The fourth-order valence-corrected chi connectivity index (χ4v) is 1.52. The highest BCUT2D eigenvalue weighted by Gasteiger charge is 2.34. The van der Waals surface area contributed by atoms with E-state index in [1.807, 2.05) is 0 Å². The lowest BCUT2D eigenvalue weighted by Gasteiger charge is -2.30. The van der Waals surface area contributed by atoms with Crippen molar-refractivity contribution in [3.8, 4) is 0 Å². The van der Waals surface area contributed by atoms with Crippen LogP contribution in [-0.2, 0) is 9.47 Å². The third kappa shape index (κ3) is 2.73. The van der Waals surface area contributed by atoms with Gasteiger partial charge in [-0.3, -0.25) is 0 Å². The summed E-state index contributed by atoms with van der Waals surface area (Å²) in [5.41, 5.74) is 0. The van der Waals surface area contributed by atoms with E-state index < -0.39 is 0 Å². The highest BCUT2D eigenvalue weighted by Crippen LogP contribution is 1.93. The van der Waals surface area contributed by atoms with Gasteiger partial charge in [0.05, 0.1) is 0 Å². The Morgan fingerprint density at radius 3 is 1.67 bits per heavy atom. The first kappa shape index (κ1) is 12.4. The van der Waals surface area contributed by atoms with E-state index in [4.69, 9.17) is 9.47 Å². The Kier molecular flexibility index (Phi) is 6.17. The molecule has 0 saturated carbocycles. The topological polar surface area (TPSA) is 51.7 Å². The van der Waals surface area contributed by atoms with Crippen LogP contribution in [0.4, 0.5) is 0 Å². The summed E-state index contributed by atoms with van der Waals surface area (Å²) in [4.78, 5) is 0. The van der Waals surface area contributed by atoms with Crippen molar-refractivity contribution in [2.45, 2.75) is 12.1 Å². The number of ether oxygens (including phenoxy) is 2. The van der Waals surface area contributed by atoms with Crippen LogP contribution >= 0.6 is 0 Å². The summed E-state index contributed by atoms with van der Waals surface area (Å²) in [5, 5.41) is 4.42. The largest absolute Gasteiger partial charge is 1.00 e. The zero-order chi connectivity index (χ0) is 6.81. The van der Waals surface area contributed by atoms with Crippen LogP contribution in [0.15, 0.2) is 0 Å². The minimum atomic E-state index is 0. The van der Waals surface area contributed by atoms with Gasteiger partial charge in [-0.2, -0.15) is 0 Å². The van der Waals surface area contributed by atoms with Gasteiger partial charge in [0.1, 0.15) is 13.2 Å². The minimum absolute atomic E-state index is 0. The molecule has 2 atom stereocenters. The molecule has 2 rings (SSSR count). The van der Waals surface area contributed by atoms with Crippen molar-refractivity contribution in [2.75, 3.05) is 26.7 Å². The molecule has 2 aliphatic rings. The molecule has 0 aromatic carbocycles. The average Bonchev–Trinajstić information content (AvgIpc) is 2.05. The zero-order valence-electron chi connectivity index (χ0n) is 6.71. The van der Waals surface area contributed by atoms with Crippen molar-refractivity contribution in [1.29, 1.82) is 0 Å². The van der Waals surface area contributed by atoms with E-state index in [0.29, 0.717) is 12.1 Å². The Hall–Kier alpha value is 0.420. The molecule has 0 radical (unpaired) electrons. The molecule has 0 bridgehead atoms. The summed E-state index contributed by atoms with van der Waals surface area (Å²) in [7, 11) is 0. The fourth-order valence-electron chi connectivity index (χ4n) is 1.52. The van der Waals surface area contributed by atoms with Crippen LogP contribution in [0, 0.1) is 0 Å². The van der Waals surface area contributed by atoms with E-state index in [1.54, 1.807) is 0 Å². The van der Waals surface area contributed by atoms with E-state index in [-0.39, 0.29) is 24.8 Å². The number of rotatable bonds is 0. The molecule has 2 aliphatic heterocycles. The highest BCUT2D eigenvalue weighted by molar-refractivity contribution is 4.67. The Morgan fingerprint density at radius 1 is 0.833 bits per heavy atom. The predicted octanol–water partition coefficient (Wildman–Crippen LogP) is -9.17. The van der Waals surface area contributed by atoms with Crippen molar-refractivity contribution >= 4 is 0 Å². The molecule has 4 N–H and O–H groups in total. The van der Waals surface area contributed by atoms with Crippen LogP contribution in [0.5, 0.6) is 0 Å². The molecule has 4 nitrogen and oxygen atoms in total. The van der Waals surface area contributed by atoms with Gasteiger partial charge in [0.2, 0.25) is 0 Å². The summed E-state index contributed by atoms with van der Waals surface area (Å²) in [6, 6.07) is 1.25. The molecule has 0 spiro atoms. The summed E-state index contributed by atoms with van der Waals surface area (Å²) >= 11 is 0. The first-order chi connectivity index (χ1) is 4.97. The Bertz CT molecular complexity index is 102. The van der Waals surface area contributed by atoms with E-state index in [1.165, 1.54) is 0 Å². The molecule has 2 fully saturated rings. The van der Waals surface area contributed by atoms with Crippen molar-refractivity contribution in [2.24, 2.45) is 0 Å². The number of halogens is 2. The van der Waals surface area contributed by atoms with E-state index in [2.05, 4.69) is 10.6 Å². The van der Waals surface area contributed by atoms with Gasteiger partial charge in [-0.05, 0) is 0 Å². The first-order valence-corrected chi connectivity index (χ1v) is 3.79. The van der Waals surface area contributed by atoms with Gasteiger partial charge in [-0.15, -0.1) is 0 Å². The van der Waals surface area contributed by atoms with E-state index in [0.717, 1.165) is 26.7 Å². The van der Waals surface area contributed by atoms with Crippen LogP contribution in [0.1, 0.15) is 0 Å². The molecule has 0 aliphatic carbocycles. The van der Waals surface area contributed by atoms with Crippen LogP contribution in [0.25, 0.3) is 0 Å². The van der Waals surface area contributed by atoms with E-state index in [9.17, 15) is 0 Å². The lowest BCUT2D eigenvalue weighted by molar-refractivity contribution is -0.835. The average molecular weight is 217 g/mol. The standard InChI is InChI=1S/C6H12N2O2.2ClH/c1-5-6(8-3-9-1)2-10-4-7-5;;/h5-8H,1-4H2;2*1H/t5-,6-;;/m1../s1. The van der Waals surface area contributed by atoms with Gasteiger partial charge in [0.15, 0.2) is 25.5 Å². The highest BCUT2D eigenvalue weighted by atomic mass is 35.5. The molecular weight excluding hydrogens is 203 g/mol. The number of fused-ring (bicyclic) bond motifs is 1.